The summed E-state index contributed by atoms with van der Waals surface area (Å²) in [6.45, 7) is -2.05. The summed E-state index contributed by atoms with van der Waals surface area (Å²) < 4.78 is 78.3. The van der Waals surface area contributed by atoms with E-state index in [1.54, 1.807) is 0 Å². The Hall–Kier alpha value is 0.240. The third kappa shape index (κ3) is 9.19. The molecule has 8 atom stereocenters. The highest BCUT2D eigenvalue weighted by molar-refractivity contribution is 7.61. The largest absolute Gasteiger partial charge is 0.488 e. The van der Waals surface area contributed by atoms with Gasteiger partial charge in [-0.15, -0.1) is 0 Å². The second-order valence-corrected chi connectivity index (χ2v) is 12.1. The predicted molar refractivity (Wildman–Crippen MR) is 100 cm³/mol. The van der Waals surface area contributed by atoms with Crippen LogP contribution in [0.3, 0.4) is 0 Å². The van der Waals surface area contributed by atoms with E-state index < -0.39 is 93.7 Å². The normalized spacial score (nSPS) is 36.4. The van der Waals surface area contributed by atoms with Crippen LogP contribution in [-0.4, -0.2) is 112 Å². The molecule has 0 radical (unpaired) electrons. The second kappa shape index (κ2) is 11.5. The van der Waals surface area contributed by atoms with Crippen LogP contribution >= 0.6 is 31.3 Å². The predicted octanol–water partition coefficient (Wildman–Crippen LogP) is -3.65. The van der Waals surface area contributed by atoms with Crippen molar-refractivity contribution in [1.29, 1.82) is 0 Å². The molecule has 208 valence electrons. The lowest BCUT2D eigenvalue weighted by Gasteiger charge is -2.28. The van der Waals surface area contributed by atoms with Gasteiger partial charge in [-0.05, 0) is 0 Å². The number of hydrogen-bond donors (Lipinski definition) is 10. The molecule has 0 aromatic rings. The quantitative estimate of drug-likeness (QED) is 0.0962. The molecule has 0 aliphatic carbocycles. The zero-order valence-corrected chi connectivity index (χ0v) is 20.4. The molecule has 10 N–H and O–H groups in total. The Balaban J connectivity index is 2.38. The molecule has 25 heteroatoms. The SMILES string of the molecule is O=P(O)(O)O[C@H]1C(OP(=O)(OC2O[C@H](CO)[C@@H](O)[C@H]2OP(=O)(O)O)OP(=O)(O)O)O[C@H](CO)[C@H]1O. The van der Waals surface area contributed by atoms with E-state index in [4.69, 9.17) is 38.8 Å². The van der Waals surface area contributed by atoms with E-state index in [9.17, 15) is 38.7 Å². The number of ether oxygens (including phenoxy) is 2. The number of rotatable bonds is 12. The van der Waals surface area contributed by atoms with Crippen LogP contribution < -0.4 is 0 Å². The number of aliphatic hydroxyl groups excluding tert-OH is 4. The van der Waals surface area contributed by atoms with Crippen molar-refractivity contribution in [3.05, 3.63) is 0 Å². The van der Waals surface area contributed by atoms with Crippen molar-refractivity contribution in [3.8, 4) is 0 Å². The molecule has 35 heavy (non-hydrogen) atoms. The Morgan fingerprint density at radius 1 is 0.600 bits per heavy atom. The van der Waals surface area contributed by atoms with E-state index in [1.807, 2.05) is 0 Å². The molecule has 2 aliphatic heterocycles. The van der Waals surface area contributed by atoms with Crippen LogP contribution in [0.15, 0.2) is 0 Å². The molecule has 0 amide bonds. The van der Waals surface area contributed by atoms with Gasteiger partial charge in [0.25, 0.3) is 0 Å². The maximum Gasteiger partial charge on any atom is 0.488 e. The van der Waals surface area contributed by atoms with Gasteiger partial charge in [0.05, 0.1) is 13.2 Å². The standard InChI is InChI=1S/C10H22O21P4/c11-1-3-5(13)7(27-32(15,16)17)9(25-3)29-35(24,31-34(21,22)23)30-10-8(28-33(18,19)20)6(14)4(2-12)26-10/h3-14H,1-2H2,(H2,15,16,17)(H2,18,19,20)(H2,21,22,23)/t3-,4-,5-,6-,7-,8-,9?,10?,35?/m1/s1. The Kier molecular flexibility index (Phi) is 10.4. The number of phosphoric acid groups is 4. The molecule has 2 rings (SSSR count). The molecule has 0 aromatic heterocycles. The Morgan fingerprint density at radius 3 is 1.20 bits per heavy atom. The molecule has 2 unspecified atom stereocenters. The summed E-state index contributed by atoms with van der Waals surface area (Å²) in [6, 6.07) is 0. The van der Waals surface area contributed by atoms with Gasteiger partial charge in [0, 0.05) is 0 Å². The third-order valence-corrected chi connectivity index (χ3v) is 7.76. The lowest BCUT2D eigenvalue weighted by Crippen LogP contribution is -2.37. The second-order valence-electron chi connectivity index (χ2n) is 6.78. The van der Waals surface area contributed by atoms with Crippen LogP contribution in [0, 0.1) is 0 Å². The average molecular weight is 602 g/mol. The van der Waals surface area contributed by atoms with E-state index in [-0.39, 0.29) is 0 Å². The summed E-state index contributed by atoms with van der Waals surface area (Å²) in [4.78, 5) is 54.2. The zero-order chi connectivity index (χ0) is 27.0. The molecule has 2 aliphatic rings. The first-order valence-electron chi connectivity index (χ1n) is 8.88. The van der Waals surface area contributed by atoms with Crippen LogP contribution in [-0.2, 0) is 50.1 Å². The van der Waals surface area contributed by atoms with E-state index >= 15 is 0 Å². The average Bonchev–Trinajstić information content (AvgIpc) is 3.09. The van der Waals surface area contributed by atoms with Crippen molar-refractivity contribution in [2.45, 2.75) is 49.2 Å². The first-order chi connectivity index (χ1) is 15.8. The fourth-order valence-electron chi connectivity index (χ4n) is 2.87. The molecule has 21 nitrogen and oxygen atoms in total. The van der Waals surface area contributed by atoms with Crippen molar-refractivity contribution < 1.29 is 99.9 Å². The topological polar surface area (TPSA) is 335 Å². The number of phosphoric ester groups is 3. The maximum atomic E-state index is 13.1. The monoisotopic (exact) mass is 602 g/mol. The molecular formula is C10H22O21P4. The van der Waals surface area contributed by atoms with Crippen molar-refractivity contribution in [2.75, 3.05) is 13.2 Å². The minimum Gasteiger partial charge on any atom is -0.394 e. The van der Waals surface area contributed by atoms with E-state index in [2.05, 4.69) is 22.4 Å². The van der Waals surface area contributed by atoms with Crippen LogP contribution in [0.2, 0.25) is 0 Å². The number of aliphatic hydroxyl groups is 4. The molecule has 0 saturated carbocycles. The molecular weight excluding hydrogens is 580 g/mol. The van der Waals surface area contributed by atoms with E-state index in [0.717, 1.165) is 0 Å². The molecule has 0 spiro atoms. The van der Waals surface area contributed by atoms with Crippen LogP contribution in [0.1, 0.15) is 0 Å². The third-order valence-electron chi connectivity index (χ3n) is 4.14. The molecule has 0 aromatic carbocycles. The lowest BCUT2D eigenvalue weighted by atomic mass is 10.1. The summed E-state index contributed by atoms with van der Waals surface area (Å²) >= 11 is 0. The van der Waals surface area contributed by atoms with Crippen LogP contribution in [0.4, 0.5) is 0 Å². The fraction of sp³-hybridized carbons (Fsp3) is 1.00. The van der Waals surface area contributed by atoms with Gasteiger partial charge in [0.2, 0.25) is 0 Å². The van der Waals surface area contributed by atoms with Gasteiger partial charge in [-0.2, -0.15) is 4.31 Å². The Morgan fingerprint density at radius 2 is 0.943 bits per heavy atom. The molecule has 2 fully saturated rings. The Bertz CT molecular complexity index is 850. The summed E-state index contributed by atoms with van der Waals surface area (Å²) in [5.74, 6) is 0. The van der Waals surface area contributed by atoms with E-state index in [0.29, 0.717) is 0 Å². The minimum absolute atomic E-state index is 1.03. The Labute approximate surface area is 194 Å². The first-order valence-corrected chi connectivity index (χ1v) is 14.9. The van der Waals surface area contributed by atoms with Crippen LogP contribution in [0.25, 0.3) is 0 Å². The summed E-state index contributed by atoms with van der Waals surface area (Å²) in [5, 5.41) is 38.4. The summed E-state index contributed by atoms with van der Waals surface area (Å²) in [6.07, 6.45) is -16.9. The van der Waals surface area contributed by atoms with Crippen LogP contribution in [0.5, 0.6) is 0 Å². The molecule has 2 heterocycles. The minimum atomic E-state index is -5.84. The van der Waals surface area contributed by atoms with Crippen molar-refractivity contribution >= 4 is 31.3 Å². The van der Waals surface area contributed by atoms with Crippen molar-refractivity contribution in [3.63, 3.8) is 0 Å². The highest BCUT2D eigenvalue weighted by atomic mass is 31.3. The van der Waals surface area contributed by atoms with Gasteiger partial charge in [-0.25, -0.2) is 18.3 Å². The maximum absolute atomic E-state index is 13.1. The highest BCUT2D eigenvalue weighted by Gasteiger charge is 2.56. The van der Waals surface area contributed by atoms with Crippen molar-refractivity contribution in [1.82, 2.24) is 0 Å². The van der Waals surface area contributed by atoms with Gasteiger partial charge >= 0.3 is 31.3 Å². The lowest BCUT2D eigenvalue weighted by molar-refractivity contribution is -0.155. The number of hydrogen-bond acceptors (Lipinski definition) is 15. The van der Waals surface area contributed by atoms with Gasteiger partial charge in [-0.3, -0.25) is 18.1 Å². The fourth-order valence-corrected chi connectivity index (χ4v) is 6.20. The summed E-state index contributed by atoms with van der Waals surface area (Å²) in [7, 11) is -22.5. The van der Waals surface area contributed by atoms with Gasteiger partial charge < -0.3 is 59.3 Å². The molecule has 0 bridgehead atoms. The van der Waals surface area contributed by atoms with Crippen molar-refractivity contribution in [2.24, 2.45) is 0 Å². The highest BCUT2D eigenvalue weighted by Crippen LogP contribution is 2.64. The summed E-state index contributed by atoms with van der Waals surface area (Å²) in [5.41, 5.74) is 0. The molecule has 2 saturated heterocycles. The van der Waals surface area contributed by atoms with Gasteiger partial charge in [-0.1, -0.05) is 0 Å². The van der Waals surface area contributed by atoms with Gasteiger partial charge in [0.15, 0.2) is 12.6 Å². The first kappa shape index (κ1) is 31.5. The zero-order valence-electron chi connectivity index (χ0n) is 16.8. The van der Waals surface area contributed by atoms with E-state index in [1.165, 1.54) is 0 Å². The van der Waals surface area contributed by atoms with Gasteiger partial charge in [0.1, 0.15) is 36.6 Å². The smallest absolute Gasteiger partial charge is 0.394 e.